The van der Waals surface area contributed by atoms with Gasteiger partial charge in [0.1, 0.15) is 5.82 Å². The van der Waals surface area contributed by atoms with Gasteiger partial charge in [-0.1, -0.05) is 43.0 Å². The molecular formula is C21H23BFN3S. The number of hydrogen-bond donors (Lipinski definition) is 0. The van der Waals surface area contributed by atoms with Crippen LogP contribution in [0, 0.1) is 17.0 Å². The molecule has 6 heteroatoms. The van der Waals surface area contributed by atoms with E-state index in [0.717, 1.165) is 37.0 Å². The van der Waals surface area contributed by atoms with Gasteiger partial charge in [-0.3, -0.25) is 0 Å². The molecule has 0 aliphatic carbocycles. The third-order valence-corrected chi connectivity index (χ3v) is 6.67. The highest BCUT2D eigenvalue weighted by Crippen LogP contribution is 2.34. The first-order valence-corrected chi connectivity index (χ1v) is 10.4. The number of para-hydroxylation sites is 1. The summed E-state index contributed by atoms with van der Waals surface area (Å²) >= 11 is 0. The van der Waals surface area contributed by atoms with Crippen LogP contribution in [-0.2, 0) is 6.54 Å². The Kier molecular flexibility index (Phi) is 6.49. The van der Waals surface area contributed by atoms with Crippen molar-refractivity contribution < 1.29 is 4.39 Å². The summed E-state index contributed by atoms with van der Waals surface area (Å²) in [5, 5.41) is 9.13. The van der Waals surface area contributed by atoms with Gasteiger partial charge in [0.25, 0.3) is 6.71 Å². The second-order valence-electron chi connectivity index (χ2n) is 6.60. The standard InChI is InChI=1S/C21H23BFN3S/c1-3-18-9-10-19(21(23)15-18)16-26(20-7-5-4-6-8-20)27(2)25-13-11-22(17-24)12-14-25/h3-10,15H,1-2,11-14,16H2. The van der Waals surface area contributed by atoms with Crippen molar-refractivity contribution in [2.75, 3.05) is 17.4 Å². The molecule has 0 bridgehead atoms. The second-order valence-corrected chi connectivity index (χ2v) is 8.24. The lowest BCUT2D eigenvalue weighted by Gasteiger charge is -2.37. The molecule has 2 aromatic carbocycles. The maximum atomic E-state index is 14.6. The van der Waals surface area contributed by atoms with Crippen LogP contribution >= 0.6 is 10.9 Å². The van der Waals surface area contributed by atoms with E-state index in [2.05, 4.69) is 27.0 Å². The number of halogens is 1. The normalized spacial score (nSPS) is 15.8. The lowest BCUT2D eigenvalue weighted by Crippen LogP contribution is -2.37. The fourth-order valence-corrected chi connectivity index (χ4v) is 4.75. The van der Waals surface area contributed by atoms with Gasteiger partial charge in [0.15, 0.2) is 0 Å². The zero-order valence-corrected chi connectivity index (χ0v) is 16.2. The molecule has 0 radical (unpaired) electrons. The number of rotatable bonds is 6. The summed E-state index contributed by atoms with van der Waals surface area (Å²) in [6.45, 7) is 5.95. The third-order valence-electron chi connectivity index (χ3n) is 4.86. The Morgan fingerprint density at radius 3 is 2.52 bits per heavy atom. The van der Waals surface area contributed by atoms with Gasteiger partial charge in [-0.25, -0.2) is 14.0 Å². The van der Waals surface area contributed by atoms with E-state index in [0.29, 0.717) is 12.1 Å². The molecule has 3 nitrogen and oxygen atoms in total. The van der Waals surface area contributed by atoms with Crippen molar-refractivity contribution in [3.63, 3.8) is 0 Å². The molecule has 1 unspecified atom stereocenters. The summed E-state index contributed by atoms with van der Waals surface area (Å²) in [6, 6.07) is 15.2. The van der Waals surface area contributed by atoms with E-state index in [1.54, 1.807) is 6.08 Å². The summed E-state index contributed by atoms with van der Waals surface area (Å²) in [5.74, 6) is 6.55. The highest BCUT2D eigenvalue weighted by Gasteiger charge is 2.26. The first-order chi connectivity index (χ1) is 13.1. The topological polar surface area (TPSA) is 30.3 Å². The molecule has 0 amide bonds. The first-order valence-electron chi connectivity index (χ1n) is 9.04. The number of anilines is 1. The molecule has 0 spiro atoms. The van der Waals surface area contributed by atoms with Crippen LogP contribution in [0.4, 0.5) is 10.1 Å². The molecular weight excluding hydrogens is 356 g/mol. The molecule has 138 valence electrons. The predicted molar refractivity (Wildman–Crippen MR) is 116 cm³/mol. The van der Waals surface area contributed by atoms with Crippen molar-refractivity contribution >= 4 is 35.2 Å². The average molecular weight is 379 g/mol. The molecule has 27 heavy (non-hydrogen) atoms. The Morgan fingerprint density at radius 1 is 1.22 bits per heavy atom. The van der Waals surface area contributed by atoms with Gasteiger partial charge >= 0.3 is 0 Å². The molecule has 2 aromatic rings. The van der Waals surface area contributed by atoms with Crippen LogP contribution in [0.25, 0.3) is 6.08 Å². The summed E-state index contributed by atoms with van der Waals surface area (Å²) in [4.78, 5) is 0. The number of nitriles is 1. The Bertz CT molecular complexity index is 857. The van der Waals surface area contributed by atoms with Crippen LogP contribution in [0.1, 0.15) is 11.1 Å². The lowest BCUT2D eigenvalue weighted by molar-refractivity contribution is 0.500. The lowest BCUT2D eigenvalue weighted by atomic mass is 9.45. The zero-order chi connectivity index (χ0) is 19.2. The molecule has 3 rings (SSSR count). The minimum Gasteiger partial charge on any atom is -0.306 e. The van der Waals surface area contributed by atoms with Crippen LogP contribution in [-0.4, -0.2) is 30.0 Å². The van der Waals surface area contributed by atoms with Crippen molar-refractivity contribution in [2.24, 2.45) is 0 Å². The van der Waals surface area contributed by atoms with E-state index >= 15 is 0 Å². The van der Waals surface area contributed by atoms with Crippen molar-refractivity contribution in [1.82, 2.24) is 4.31 Å². The SMILES string of the molecule is C=Cc1ccc(CN(c2ccccc2)S(=C)N2CCB(C#N)CC2)c(F)c1. The summed E-state index contributed by atoms with van der Waals surface area (Å²) in [7, 11) is -0.458. The van der Waals surface area contributed by atoms with E-state index in [1.165, 1.54) is 6.07 Å². The number of nitrogens with zero attached hydrogens (tertiary/aromatic N) is 3. The molecule has 0 aromatic heterocycles. The molecule has 1 heterocycles. The minimum atomic E-state index is -0.458. The summed E-state index contributed by atoms with van der Waals surface area (Å²) < 4.78 is 19.0. The van der Waals surface area contributed by atoms with E-state index in [4.69, 9.17) is 5.26 Å². The van der Waals surface area contributed by atoms with Gasteiger partial charge in [-0.2, -0.15) is 0 Å². The predicted octanol–water partition coefficient (Wildman–Crippen LogP) is 4.88. The highest BCUT2D eigenvalue weighted by atomic mass is 32.2. The van der Waals surface area contributed by atoms with Crippen LogP contribution in [0.2, 0.25) is 12.6 Å². The van der Waals surface area contributed by atoms with Gasteiger partial charge in [0, 0.05) is 30.3 Å². The van der Waals surface area contributed by atoms with Gasteiger partial charge in [0.05, 0.1) is 6.54 Å². The molecule has 1 aliphatic heterocycles. The maximum absolute atomic E-state index is 14.6. The minimum absolute atomic E-state index is 0.132. The smallest absolute Gasteiger partial charge is 0.270 e. The molecule has 1 aliphatic rings. The van der Waals surface area contributed by atoms with Gasteiger partial charge in [-0.05, 0) is 53.1 Å². The Labute approximate surface area is 164 Å². The maximum Gasteiger partial charge on any atom is 0.270 e. The van der Waals surface area contributed by atoms with Crippen molar-refractivity contribution in [3.8, 4) is 5.97 Å². The van der Waals surface area contributed by atoms with Crippen LogP contribution in [0.3, 0.4) is 0 Å². The molecule has 0 saturated carbocycles. The second kappa shape index (κ2) is 9.03. The molecule has 1 atom stereocenters. The summed E-state index contributed by atoms with van der Waals surface area (Å²) in [5.41, 5.74) is 2.43. The van der Waals surface area contributed by atoms with Gasteiger partial charge < -0.3 is 4.31 Å². The van der Waals surface area contributed by atoms with Crippen LogP contribution in [0.15, 0.2) is 55.1 Å². The Hall–Kier alpha value is -2.36. The fourth-order valence-electron chi connectivity index (χ4n) is 3.19. The van der Waals surface area contributed by atoms with E-state index in [1.807, 2.05) is 42.5 Å². The van der Waals surface area contributed by atoms with Crippen molar-refractivity contribution in [3.05, 3.63) is 72.1 Å². The van der Waals surface area contributed by atoms with Crippen LogP contribution in [0.5, 0.6) is 0 Å². The van der Waals surface area contributed by atoms with Crippen molar-refractivity contribution in [1.29, 1.82) is 5.26 Å². The number of benzene rings is 2. The third kappa shape index (κ3) is 4.68. The molecule has 0 N–H and O–H groups in total. The Balaban J connectivity index is 1.85. The molecule has 1 saturated heterocycles. The van der Waals surface area contributed by atoms with Gasteiger partial charge in [0.2, 0.25) is 0 Å². The van der Waals surface area contributed by atoms with E-state index < -0.39 is 10.9 Å². The summed E-state index contributed by atoms with van der Waals surface area (Å²) in [6.07, 6.45) is 3.37. The highest BCUT2D eigenvalue weighted by molar-refractivity contribution is 8.13. The van der Waals surface area contributed by atoms with Crippen LogP contribution < -0.4 is 4.31 Å². The van der Waals surface area contributed by atoms with E-state index in [-0.39, 0.29) is 12.5 Å². The molecule has 1 fully saturated rings. The van der Waals surface area contributed by atoms with Gasteiger partial charge in [-0.15, -0.1) is 0 Å². The largest absolute Gasteiger partial charge is 0.306 e. The fraction of sp³-hybridized carbons (Fsp3) is 0.238. The number of hydrogen-bond acceptors (Lipinski definition) is 3. The first kappa shape index (κ1) is 19.4. The zero-order valence-electron chi connectivity index (χ0n) is 15.4. The van der Waals surface area contributed by atoms with Crippen molar-refractivity contribution in [2.45, 2.75) is 19.2 Å². The van der Waals surface area contributed by atoms with E-state index in [9.17, 15) is 4.39 Å². The average Bonchev–Trinajstić information content (AvgIpc) is 2.73. The quantitative estimate of drug-likeness (QED) is 0.529. The Morgan fingerprint density at radius 2 is 1.93 bits per heavy atom. The monoisotopic (exact) mass is 379 g/mol.